The minimum absolute atomic E-state index is 0.270. The second-order valence-corrected chi connectivity index (χ2v) is 6.70. The van der Waals surface area contributed by atoms with Gasteiger partial charge in [0.05, 0.1) is 11.3 Å². The maximum atomic E-state index is 13.4. The van der Waals surface area contributed by atoms with Crippen molar-refractivity contribution in [1.29, 1.82) is 0 Å². The van der Waals surface area contributed by atoms with Crippen molar-refractivity contribution in [2.75, 3.05) is 18.0 Å². The van der Waals surface area contributed by atoms with Crippen molar-refractivity contribution in [3.8, 4) is 0 Å². The number of nitrogens with zero attached hydrogens (tertiary/aromatic N) is 2. The van der Waals surface area contributed by atoms with E-state index in [0.29, 0.717) is 30.0 Å². The lowest BCUT2D eigenvalue weighted by Crippen LogP contribution is -2.37. The zero-order valence-corrected chi connectivity index (χ0v) is 14.6. The fourth-order valence-corrected chi connectivity index (χ4v) is 3.63. The number of rotatable bonds is 3. The van der Waals surface area contributed by atoms with Crippen LogP contribution in [0.3, 0.4) is 0 Å². The molecular formula is C21H18F2N2O2. The van der Waals surface area contributed by atoms with Crippen LogP contribution in [-0.2, 0) is 9.59 Å². The highest BCUT2D eigenvalue weighted by Gasteiger charge is 2.42. The van der Waals surface area contributed by atoms with E-state index in [1.54, 1.807) is 0 Å². The van der Waals surface area contributed by atoms with Crippen LogP contribution in [-0.4, -0.2) is 29.8 Å². The van der Waals surface area contributed by atoms with E-state index in [2.05, 4.69) is 0 Å². The fraction of sp³-hybridized carbons (Fsp3) is 0.238. The lowest BCUT2D eigenvalue weighted by atomic mass is 10.0. The van der Waals surface area contributed by atoms with Crippen LogP contribution in [0.25, 0.3) is 5.57 Å². The van der Waals surface area contributed by atoms with E-state index in [0.717, 1.165) is 24.2 Å². The minimum Gasteiger partial charge on any atom is -0.366 e. The van der Waals surface area contributed by atoms with Gasteiger partial charge in [0.1, 0.15) is 17.3 Å². The Kier molecular flexibility index (Phi) is 4.48. The van der Waals surface area contributed by atoms with Crippen molar-refractivity contribution in [2.45, 2.75) is 19.3 Å². The summed E-state index contributed by atoms with van der Waals surface area (Å²) in [5.41, 5.74) is 1.43. The zero-order chi connectivity index (χ0) is 19.0. The minimum atomic E-state index is -0.473. The Labute approximate surface area is 155 Å². The van der Waals surface area contributed by atoms with E-state index in [1.807, 2.05) is 4.90 Å². The number of carbonyl (C=O) groups excluding carboxylic acids is 2. The molecule has 2 heterocycles. The number of piperidine rings is 1. The summed E-state index contributed by atoms with van der Waals surface area (Å²) in [7, 11) is 0. The van der Waals surface area contributed by atoms with Crippen LogP contribution in [0.4, 0.5) is 14.5 Å². The summed E-state index contributed by atoms with van der Waals surface area (Å²) < 4.78 is 26.6. The Balaban J connectivity index is 1.81. The first-order valence-corrected chi connectivity index (χ1v) is 8.96. The van der Waals surface area contributed by atoms with Gasteiger partial charge in [0, 0.05) is 13.1 Å². The molecule has 2 aromatic rings. The number of carbonyl (C=O) groups is 2. The number of benzene rings is 2. The first-order valence-electron chi connectivity index (χ1n) is 8.96. The summed E-state index contributed by atoms with van der Waals surface area (Å²) in [6.07, 6.45) is 2.97. The molecule has 0 saturated carbocycles. The second-order valence-electron chi connectivity index (χ2n) is 6.70. The highest BCUT2D eigenvalue weighted by atomic mass is 19.1. The third-order valence-electron chi connectivity index (χ3n) is 4.95. The van der Waals surface area contributed by atoms with Crippen molar-refractivity contribution in [3.63, 3.8) is 0 Å². The van der Waals surface area contributed by atoms with E-state index in [1.165, 1.54) is 48.5 Å². The molecule has 1 saturated heterocycles. The third-order valence-corrected chi connectivity index (χ3v) is 4.95. The predicted molar refractivity (Wildman–Crippen MR) is 97.6 cm³/mol. The molecular weight excluding hydrogens is 350 g/mol. The van der Waals surface area contributed by atoms with E-state index < -0.39 is 23.4 Å². The average molecular weight is 368 g/mol. The fourth-order valence-electron chi connectivity index (χ4n) is 3.63. The molecule has 0 unspecified atom stereocenters. The van der Waals surface area contributed by atoms with Crippen LogP contribution in [0.15, 0.2) is 54.2 Å². The first kappa shape index (κ1) is 17.4. The lowest BCUT2D eigenvalue weighted by molar-refractivity contribution is -0.120. The summed E-state index contributed by atoms with van der Waals surface area (Å²) in [6, 6.07) is 10.8. The Morgan fingerprint density at radius 3 is 1.85 bits per heavy atom. The van der Waals surface area contributed by atoms with Gasteiger partial charge in [-0.2, -0.15) is 0 Å². The Morgan fingerprint density at radius 2 is 1.26 bits per heavy atom. The van der Waals surface area contributed by atoms with Gasteiger partial charge in [-0.15, -0.1) is 0 Å². The zero-order valence-electron chi connectivity index (χ0n) is 14.6. The molecule has 0 radical (unpaired) electrons. The Morgan fingerprint density at radius 1 is 0.704 bits per heavy atom. The molecule has 0 spiro atoms. The average Bonchev–Trinajstić information content (AvgIpc) is 2.94. The quantitative estimate of drug-likeness (QED) is 0.775. The van der Waals surface area contributed by atoms with Crippen LogP contribution in [0, 0.1) is 11.6 Å². The summed E-state index contributed by atoms with van der Waals surface area (Å²) in [4.78, 5) is 29.4. The first-order chi connectivity index (χ1) is 13.1. The lowest BCUT2D eigenvalue weighted by Gasteiger charge is -2.29. The standard InChI is InChI=1S/C21H18F2N2O2/c22-15-6-4-14(5-7-15)18-19(24-12-2-1-3-13-24)21(27)25(20(18)26)17-10-8-16(23)9-11-17/h4-11H,1-3,12-13H2. The molecule has 0 aliphatic carbocycles. The van der Waals surface area contributed by atoms with Crippen LogP contribution >= 0.6 is 0 Å². The smallest absolute Gasteiger partial charge is 0.282 e. The molecule has 2 aromatic carbocycles. The molecule has 1 fully saturated rings. The molecule has 2 amide bonds. The maximum Gasteiger partial charge on any atom is 0.282 e. The van der Waals surface area contributed by atoms with Gasteiger partial charge in [0.15, 0.2) is 0 Å². The monoisotopic (exact) mass is 368 g/mol. The van der Waals surface area contributed by atoms with Crippen LogP contribution in [0.1, 0.15) is 24.8 Å². The van der Waals surface area contributed by atoms with Gasteiger partial charge in [-0.3, -0.25) is 9.59 Å². The predicted octanol–water partition coefficient (Wildman–Crippen LogP) is 3.74. The maximum absolute atomic E-state index is 13.4. The Bertz CT molecular complexity index is 914. The summed E-state index contributed by atoms with van der Waals surface area (Å²) in [5.74, 6) is -1.75. The van der Waals surface area contributed by atoms with E-state index >= 15 is 0 Å². The summed E-state index contributed by atoms with van der Waals surface area (Å²) >= 11 is 0. The van der Waals surface area contributed by atoms with Crippen LogP contribution in [0.5, 0.6) is 0 Å². The van der Waals surface area contributed by atoms with Crippen molar-refractivity contribution < 1.29 is 18.4 Å². The third kappa shape index (κ3) is 3.12. The highest BCUT2D eigenvalue weighted by Crippen LogP contribution is 2.35. The van der Waals surface area contributed by atoms with Gasteiger partial charge < -0.3 is 4.90 Å². The SMILES string of the molecule is O=C1C(c2ccc(F)cc2)=C(N2CCCCC2)C(=O)N1c1ccc(F)cc1. The molecule has 0 aromatic heterocycles. The molecule has 0 atom stereocenters. The van der Waals surface area contributed by atoms with Crippen LogP contribution < -0.4 is 4.90 Å². The molecule has 4 nitrogen and oxygen atoms in total. The van der Waals surface area contributed by atoms with Gasteiger partial charge >= 0.3 is 0 Å². The molecule has 0 bridgehead atoms. The van der Waals surface area contributed by atoms with Gasteiger partial charge in [-0.05, 0) is 61.2 Å². The van der Waals surface area contributed by atoms with Gasteiger partial charge in [0.25, 0.3) is 11.8 Å². The number of hydrogen-bond donors (Lipinski definition) is 0. The molecule has 2 aliphatic rings. The van der Waals surface area contributed by atoms with Crippen LogP contribution in [0.2, 0.25) is 0 Å². The van der Waals surface area contributed by atoms with Crippen molar-refractivity contribution in [2.24, 2.45) is 0 Å². The van der Waals surface area contributed by atoms with Crippen molar-refractivity contribution in [1.82, 2.24) is 4.90 Å². The number of anilines is 1. The normalized spacial score (nSPS) is 17.9. The van der Waals surface area contributed by atoms with E-state index in [-0.39, 0.29) is 5.57 Å². The van der Waals surface area contributed by atoms with Gasteiger partial charge in [-0.1, -0.05) is 12.1 Å². The molecule has 2 aliphatic heterocycles. The number of imide groups is 1. The number of halogens is 2. The molecule has 0 N–H and O–H groups in total. The second kappa shape index (κ2) is 6.95. The number of hydrogen-bond acceptors (Lipinski definition) is 3. The molecule has 27 heavy (non-hydrogen) atoms. The molecule has 6 heteroatoms. The summed E-state index contributed by atoms with van der Waals surface area (Å²) in [5, 5.41) is 0. The molecule has 4 rings (SSSR count). The Hall–Kier alpha value is -3.02. The highest BCUT2D eigenvalue weighted by molar-refractivity contribution is 6.45. The molecule has 138 valence electrons. The van der Waals surface area contributed by atoms with Crippen molar-refractivity contribution in [3.05, 3.63) is 71.4 Å². The van der Waals surface area contributed by atoms with Gasteiger partial charge in [0.2, 0.25) is 0 Å². The van der Waals surface area contributed by atoms with Crippen molar-refractivity contribution >= 4 is 23.1 Å². The number of amides is 2. The van der Waals surface area contributed by atoms with E-state index in [9.17, 15) is 18.4 Å². The summed E-state index contributed by atoms with van der Waals surface area (Å²) in [6.45, 7) is 1.38. The number of likely N-dealkylation sites (tertiary alicyclic amines) is 1. The van der Waals surface area contributed by atoms with Gasteiger partial charge in [-0.25, -0.2) is 13.7 Å². The van der Waals surface area contributed by atoms with E-state index in [4.69, 9.17) is 0 Å². The largest absolute Gasteiger partial charge is 0.366 e. The topological polar surface area (TPSA) is 40.6 Å².